The normalized spacial score (nSPS) is 10.2. The standard InChI is InChI=1S/C8H7N3O2/c9-8-10-7(11-13-8)5-3-1-2-4-6(5)12/h1-4,12H,(H2,9,10,11). The Hall–Kier alpha value is -2.04. The summed E-state index contributed by atoms with van der Waals surface area (Å²) in [4.78, 5) is 3.78. The van der Waals surface area contributed by atoms with Gasteiger partial charge in [-0.05, 0) is 12.1 Å². The Balaban J connectivity index is 2.52. The summed E-state index contributed by atoms with van der Waals surface area (Å²) in [6, 6.07) is 6.68. The van der Waals surface area contributed by atoms with Gasteiger partial charge in [0.25, 0.3) is 0 Å². The van der Waals surface area contributed by atoms with Crippen LogP contribution < -0.4 is 5.73 Å². The molecule has 0 bridgehead atoms. The molecule has 0 spiro atoms. The summed E-state index contributed by atoms with van der Waals surface area (Å²) in [5.74, 6) is 0.388. The lowest BCUT2D eigenvalue weighted by molar-refractivity contribution is 0.435. The molecular formula is C8H7N3O2. The van der Waals surface area contributed by atoms with E-state index in [1.807, 2.05) is 0 Å². The topological polar surface area (TPSA) is 85.2 Å². The molecule has 1 heterocycles. The summed E-state index contributed by atoms with van der Waals surface area (Å²) >= 11 is 0. The van der Waals surface area contributed by atoms with Gasteiger partial charge in [0, 0.05) is 0 Å². The first-order valence-electron chi connectivity index (χ1n) is 3.65. The molecule has 5 heteroatoms. The van der Waals surface area contributed by atoms with Gasteiger partial charge in [0.05, 0.1) is 5.56 Å². The van der Waals surface area contributed by atoms with E-state index in [2.05, 4.69) is 14.7 Å². The lowest BCUT2D eigenvalue weighted by Gasteiger charge is -1.96. The van der Waals surface area contributed by atoms with Crippen LogP contribution in [0.3, 0.4) is 0 Å². The number of phenolic OH excluding ortho intramolecular Hbond substituents is 1. The molecule has 0 unspecified atom stereocenters. The molecule has 13 heavy (non-hydrogen) atoms. The molecule has 1 aromatic carbocycles. The van der Waals surface area contributed by atoms with Gasteiger partial charge in [-0.2, -0.15) is 4.98 Å². The zero-order chi connectivity index (χ0) is 9.26. The fourth-order valence-corrected chi connectivity index (χ4v) is 1.01. The van der Waals surface area contributed by atoms with Gasteiger partial charge >= 0.3 is 6.01 Å². The van der Waals surface area contributed by atoms with Crippen molar-refractivity contribution in [3.05, 3.63) is 24.3 Å². The second-order valence-electron chi connectivity index (χ2n) is 2.47. The lowest BCUT2D eigenvalue weighted by Crippen LogP contribution is -1.84. The first-order valence-corrected chi connectivity index (χ1v) is 3.65. The van der Waals surface area contributed by atoms with E-state index in [0.717, 1.165) is 0 Å². The molecule has 1 aromatic heterocycles. The fourth-order valence-electron chi connectivity index (χ4n) is 1.01. The molecule has 0 aliphatic heterocycles. The van der Waals surface area contributed by atoms with Crippen LogP contribution in [0.5, 0.6) is 5.75 Å². The van der Waals surface area contributed by atoms with Crippen molar-refractivity contribution < 1.29 is 9.63 Å². The molecule has 0 saturated carbocycles. The van der Waals surface area contributed by atoms with E-state index < -0.39 is 0 Å². The van der Waals surface area contributed by atoms with Crippen LogP contribution in [-0.4, -0.2) is 15.2 Å². The van der Waals surface area contributed by atoms with Gasteiger partial charge in [0.15, 0.2) is 0 Å². The molecule has 0 atom stereocenters. The van der Waals surface area contributed by atoms with Crippen LogP contribution in [-0.2, 0) is 0 Å². The Labute approximate surface area is 73.8 Å². The number of phenols is 1. The zero-order valence-electron chi connectivity index (χ0n) is 6.64. The Morgan fingerprint density at radius 2 is 2.08 bits per heavy atom. The maximum absolute atomic E-state index is 9.41. The molecule has 0 aliphatic carbocycles. The molecule has 0 saturated heterocycles. The number of nitrogen functional groups attached to an aromatic ring is 1. The van der Waals surface area contributed by atoms with E-state index in [1.165, 1.54) is 0 Å². The number of rotatable bonds is 1. The molecule has 3 N–H and O–H groups in total. The van der Waals surface area contributed by atoms with Gasteiger partial charge in [-0.1, -0.05) is 17.3 Å². The summed E-state index contributed by atoms with van der Waals surface area (Å²) in [6.07, 6.45) is 0. The summed E-state index contributed by atoms with van der Waals surface area (Å²) in [7, 11) is 0. The lowest BCUT2D eigenvalue weighted by atomic mass is 10.2. The number of aromatic hydroxyl groups is 1. The van der Waals surface area contributed by atoms with Crippen LogP contribution in [0, 0.1) is 0 Å². The van der Waals surface area contributed by atoms with Gasteiger partial charge in [0.2, 0.25) is 5.82 Å². The zero-order valence-corrected chi connectivity index (χ0v) is 6.64. The number of benzene rings is 1. The van der Waals surface area contributed by atoms with Crippen molar-refractivity contribution in [1.29, 1.82) is 0 Å². The van der Waals surface area contributed by atoms with Crippen molar-refractivity contribution >= 4 is 6.01 Å². The summed E-state index contributed by atoms with van der Waals surface area (Å²) in [6.45, 7) is 0. The molecule has 0 fully saturated rings. The average molecular weight is 177 g/mol. The van der Waals surface area contributed by atoms with E-state index in [9.17, 15) is 5.11 Å². The summed E-state index contributed by atoms with van der Waals surface area (Å²) in [5.41, 5.74) is 5.75. The quantitative estimate of drug-likeness (QED) is 0.679. The first kappa shape index (κ1) is 7.60. The molecule has 66 valence electrons. The van der Waals surface area contributed by atoms with E-state index in [1.54, 1.807) is 24.3 Å². The number of hydrogen-bond acceptors (Lipinski definition) is 5. The van der Waals surface area contributed by atoms with Crippen molar-refractivity contribution in [2.45, 2.75) is 0 Å². The van der Waals surface area contributed by atoms with Crippen molar-refractivity contribution in [2.75, 3.05) is 5.73 Å². The second-order valence-corrected chi connectivity index (χ2v) is 2.47. The van der Waals surface area contributed by atoms with Crippen molar-refractivity contribution in [2.24, 2.45) is 0 Å². The van der Waals surface area contributed by atoms with Gasteiger partial charge in [-0.15, -0.1) is 0 Å². The minimum Gasteiger partial charge on any atom is -0.507 e. The minimum atomic E-state index is -0.0155. The highest BCUT2D eigenvalue weighted by molar-refractivity contribution is 5.63. The maximum Gasteiger partial charge on any atom is 0.319 e. The number of nitrogens with two attached hydrogens (primary N) is 1. The number of anilines is 1. The highest BCUT2D eigenvalue weighted by Crippen LogP contribution is 2.25. The molecule has 0 aliphatic rings. The van der Waals surface area contributed by atoms with E-state index >= 15 is 0 Å². The maximum atomic E-state index is 9.41. The average Bonchev–Trinajstić information content (AvgIpc) is 2.53. The van der Waals surface area contributed by atoms with Crippen LogP contribution in [0.25, 0.3) is 11.4 Å². The van der Waals surface area contributed by atoms with Gasteiger partial charge in [-0.3, -0.25) is 0 Å². The van der Waals surface area contributed by atoms with Crippen LogP contribution in [0.2, 0.25) is 0 Å². The smallest absolute Gasteiger partial charge is 0.319 e. The van der Waals surface area contributed by atoms with E-state index in [-0.39, 0.29) is 17.6 Å². The molecular weight excluding hydrogens is 170 g/mol. The van der Waals surface area contributed by atoms with Crippen LogP contribution >= 0.6 is 0 Å². The predicted molar refractivity (Wildman–Crippen MR) is 45.8 cm³/mol. The molecule has 2 rings (SSSR count). The monoisotopic (exact) mass is 177 g/mol. The Bertz CT molecular complexity index is 425. The van der Waals surface area contributed by atoms with Crippen molar-refractivity contribution in [3.63, 3.8) is 0 Å². The highest BCUT2D eigenvalue weighted by Gasteiger charge is 2.09. The number of hydrogen-bond donors (Lipinski definition) is 2. The molecule has 0 radical (unpaired) electrons. The number of para-hydroxylation sites is 1. The van der Waals surface area contributed by atoms with E-state index in [0.29, 0.717) is 5.56 Å². The summed E-state index contributed by atoms with van der Waals surface area (Å²) < 4.78 is 4.58. The summed E-state index contributed by atoms with van der Waals surface area (Å²) in [5, 5.41) is 13.0. The highest BCUT2D eigenvalue weighted by atomic mass is 16.5. The second kappa shape index (κ2) is 2.78. The third kappa shape index (κ3) is 1.31. The predicted octanol–water partition coefficient (Wildman–Crippen LogP) is 1.02. The van der Waals surface area contributed by atoms with Gasteiger partial charge in [-0.25, -0.2) is 0 Å². The van der Waals surface area contributed by atoms with E-state index in [4.69, 9.17) is 5.73 Å². The van der Waals surface area contributed by atoms with Gasteiger partial charge < -0.3 is 15.4 Å². The minimum absolute atomic E-state index is 0.0155. The van der Waals surface area contributed by atoms with Crippen LogP contribution in [0.4, 0.5) is 6.01 Å². The largest absolute Gasteiger partial charge is 0.507 e. The van der Waals surface area contributed by atoms with Gasteiger partial charge in [0.1, 0.15) is 5.75 Å². The van der Waals surface area contributed by atoms with Crippen LogP contribution in [0.1, 0.15) is 0 Å². The molecule has 2 aromatic rings. The Morgan fingerprint density at radius 3 is 2.69 bits per heavy atom. The molecule has 0 amide bonds. The van der Waals surface area contributed by atoms with Crippen molar-refractivity contribution in [3.8, 4) is 17.1 Å². The first-order chi connectivity index (χ1) is 6.27. The third-order valence-electron chi connectivity index (χ3n) is 1.59. The fraction of sp³-hybridized carbons (Fsp3) is 0. The number of nitrogens with zero attached hydrogens (tertiary/aromatic N) is 2. The third-order valence-corrected chi connectivity index (χ3v) is 1.59. The SMILES string of the molecule is Nc1nc(-c2ccccc2O)no1. The van der Waals surface area contributed by atoms with Crippen molar-refractivity contribution in [1.82, 2.24) is 10.1 Å². The number of aromatic nitrogens is 2. The van der Waals surface area contributed by atoms with Crippen LogP contribution in [0.15, 0.2) is 28.8 Å². The Morgan fingerprint density at radius 1 is 1.31 bits per heavy atom. The molecule has 5 nitrogen and oxygen atoms in total. The Kier molecular flexibility index (Phi) is 1.63.